The predicted octanol–water partition coefficient (Wildman–Crippen LogP) is 1.20. The van der Waals surface area contributed by atoms with Gasteiger partial charge in [0.15, 0.2) is 6.10 Å². The highest BCUT2D eigenvalue weighted by molar-refractivity contribution is 5.74. The fraction of sp³-hybridized carbons (Fsp3) is 0.462. The zero-order valence-electron chi connectivity index (χ0n) is 10.3. The van der Waals surface area contributed by atoms with Crippen molar-refractivity contribution in [2.75, 3.05) is 26.8 Å². The molecule has 0 spiro atoms. The minimum absolute atomic E-state index is 0.224. The molecular weight excluding hydrogens is 237 g/mol. The van der Waals surface area contributed by atoms with E-state index in [1.807, 2.05) is 4.90 Å². The highest BCUT2D eigenvalue weighted by Gasteiger charge is 2.27. The van der Waals surface area contributed by atoms with Crippen molar-refractivity contribution in [3.8, 4) is 0 Å². The molecule has 98 valence electrons. The molecule has 0 radical (unpaired) electrons. The highest BCUT2D eigenvalue weighted by Crippen LogP contribution is 2.13. The van der Waals surface area contributed by atoms with Gasteiger partial charge in [-0.15, -0.1) is 0 Å². The minimum Gasteiger partial charge on any atom is -0.467 e. The number of ether oxygens (including phenoxy) is 2. The molecule has 0 amide bonds. The summed E-state index contributed by atoms with van der Waals surface area (Å²) in [5, 5.41) is 0. The molecule has 1 aliphatic rings. The zero-order chi connectivity index (χ0) is 13.0. The van der Waals surface area contributed by atoms with Crippen LogP contribution < -0.4 is 0 Å². The van der Waals surface area contributed by atoms with E-state index in [9.17, 15) is 9.18 Å². The van der Waals surface area contributed by atoms with Crippen LogP contribution >= 0.6 is 0 Å². The molecule has 4 nitrogen and oxygen atoms in total. The summed E-state index contributed by atoms with van der Waals surface area (Å²) in [6.07, 6.45) is -0.574. The largest absolute Gasteiger partial charge is 0.467 e. The van der Waals surface area contributed by atoms with Crippen molar-refractivity contribution in [2.24, 2.45) is 0 Å². The third-order valence-electron chi connectivity index (χ3n) is 2.97. The number of morpholine rings is 1. The summed E-state index contributed by atoms with van der Waals surface area (Å²) in [5.74, 6) is -0.605. The Morgan fingerprint density at radius 3 is 3.06 bits per heavy atom. The first-order valence-electron chi connectivity index (χ1n) is 5.86. The maximum atomic E-state index is 13.5. The van der Waals surface area contributed by atoms with E-state index < -0.39 is 6.10 Å². The van der Waals surface area contributed by atoms with Crippen molar-refractivity contribution in [2.45, 2.75) is 12.6 Å². The average molecular weight is 253 g/mol. The number of halogens is 1. The number of methoxy groups -OCH3 is 1. The number of carbonyl (C=O) groups is 1. The molecule has 1 aromatic carbocycles. The Hall–Kier alpha value is -1.46. The smallest absolute Gasteiger partial charge is 0.336 e. The summed E-state index contributed by atoms with van der Waals surface area (Å²) >= 11 is 0. The van der Waals surface area contributed by atoms with Crippen LogP contribution in [0.5, 0.6) is 0 Å². The Balaban J connectivity index is 1.98. The summed E-state index contributed by atoms with van der Waals surface area (Å²) in [4.78, 5) is 13.4. The van der Waals surface area contributed by atoms with E-state index in [1.165, 1.54) is 13.2 Å². The predicted molar refractivity (Wildman–Crippen MR) is 63.4 cm³/mol. The van der Waals surface area contributed by atoms with Gasteiger partial charge in [0.1, 0.15) is 5.82 Å². The third-order valence-corrected chi connectivity index (χ3v) is 2.97. The molecule has 0 aliphatic carbocycles. The summed E-state index contributed by atoms with van der Waals surface area (Å²) in [6.45, 7) is 2.04. The number of carbonyl (C=O) groups excluding carboxylic acids is 1. The maximum absolute atomic E-state index is 13.5. The maximum Gasteiger partial charge on any atom is 0.336 e. The van der Waals surface area contributed by atoms with Crippen LogP contribution in [0.4, 0.5) is 4.39 Å². The lowest BCUT2D eigenvalue weighted by Gasteiger charge is -2.31. The van der Waals surface area contributed by atoms with Gasteiger partial charge in [0.05, 0.1) is 13.7 Å². The van der Waals surface area contributed by atoms with Crippen LogP contribution in [-0.2, 0) is 20.8 Å². The van der Waals surface area contributed by atoms with E-state index >= 15 is 0 Å². The van der Waals surface area contributed by atoms with E-state index in [-0.39, 0.29) is 11.8 Å². The minimum atomic E-state index is -0.574. The summed E-state index contributed by atoms with van der Waals surface area (Å²) in [6, 6.07) is 6.65. The van der Waals surface area contributed by atoms with Gasteiger partial charge >= 0.3 is 5.97 Å². The molecule has 1 unspecified atom stereocenters. The third kappa shape index (κ3) is 3.05. The fourth-order valence-electron chi connectivity index (χ4n) is 1.99. The van der Waals surface area contributed by atoms with Gasteiger partial charge in [-0.2, -0.15) is 0 Å². The van der Waals surface area contributed by atoms with Crippen LogP contribution in [0.25, 0.3) is 0 Å². The molecule has 0 N–H and O–H groups in total. The summed E-state index contributed by atoms with van der Waals surface area (Å²) in [5.41, 5.74) is 0.628. The molecule has 2 rings (SSSR count). The molecule has 1 aromatic rings. The van der Waals surface area contributed by atoms with Gasteiger partial charge in [0.2, 0.25) is 0 Å². The topological polar surface area (TPSA) is 38.8 Å². The lowest BCUT2D eigenvalue weighted by atomic mass is 10.2. The van der Waals surface area contributed by atoms with Gasteiger partial charge in [-0.1, -0.05) is 18.2 Å². The Morgan fingerprint density at radius 2 is 2.33 bits per heavy atom. The molecule has 1 atom stereocenters. The molecule has 1 heterocycles. The normalized spacial score (nSPS) is 20.7. The van der Waals surface area contributed by atoms with Crippen molar-refractivity contribution in [3.05, 3.63) is 35.6 Å². The van der Waals surface area contributed by atoms with Crippen LogP contribution in [0.15, 0.2) is 24.3 Å². The second-order valence-corrected chi connectivity index (χ2v) is 4.21. The summed E-state index contributed by atoms with van der Waals surface area (Å²) < 4.78 is 23.5. The molecule has 1 fully saturated rings. The second-order valence-electron chi connectivity index (χ2n) is 4.21. The van der Waals surface area contributed by atoms with Crippen molar-refractivity contribution in [1.82, 2.24) is 4.90 Å². The molecular formula is C13H16FNO3. The van der Waals surface area contributed by atoms with Crippen LogP contribution in [0, 0.1) is 5.82 Å². The fourth-order valence-corrected chi connectivity index (χ4v) is 1.99. The molecule has 18 heavy (non-hydrogen) atoms. The first-order chi connectivity index (χ1) is 8.70. The number of hydrogen-bond acceptors (Lipinski definition) is 4. The molecule has 0 aromatic heterocycles. The van der Waals surface area contributed by atoms with Crippen LogP contribution in [0.1, 0.15) is 5.56 Å². The zero-order valence-corrected chi connectivity index (χ0v) is 10.3. The monoisotopic (exact) mass is 253 g/mol. The van der Waals surface area contributed by atoms with Crippen molar-refractivity contribution in [3.63, 3.8) is 0 Å². The number of rotatable bonds is 3. The number of hydrogen-bond donors (Lipinski definition) is 0. The van der Waals surface area contributed by atoms with Crippen molar-refractivity contribution < 1.29 is 18.7 Å². The van der Waals surface area contributed by atoms with Crippen molar-refractivity contribution in [1.29, 1.82) is 0 Å². The first-order valence-corrected chi connectivity index (χ1v) is 5.86. The van der Waals surface area contributed by atoms with Gasteiger partial charge in [-0.3, -0.25) is 4.90 Å². The van der Waals surface area contributed by atoms with Crippen LogP contribution in [0.3, 0.4) is 0 Å². The van der Waals surface area contributed by atoms with E-state index in [0.29, 0.717) is 31.8 Å². The van der Waals surface area contributed by atoms with Gasteiger partial charge < -0.3 is 9.47 Å². The average Bonchev–Trinajstić information content (AvgIpc) is 2.41. The lowest BCUT2D eigenvalue weighted by molar-refractivity contribution is -0.160. The number of esters is 1. The molecule has 1 aliphatic heterocycles. The Bertz CT molecular complexity index is 424. The van der Waals surface area contributed by atoms with E-state index in [0.717, 1.165) is 0 Å². The van der Waals surface area contributed by atoms with E-state index in [4.69, 9.17) is 4.74 Å². The lowest BCUT2D eigenvalue weighted by Crippen LogP contribution is -2.46. The summed E-state index contributed by atoms with van der Waals surface area (Å²) in [7, 11) is 1.33. The number of benzene rings is 1. The number of nitrogens with zero attached hydrogens (tertiary/aromatic N) is 1. The van der Waals surface area contributed by atoms with Gasteiger partial charge in [-0.05, 0) is 6.07 Å². The van der Waals surface area contributed by atoms with E-state index in [1.54, 1.807) is 18.2 Å². The standard InChI is InChI=1S/C13H16FNO3/c1-17-13(16)12-9-15(6-7-18-12)8-10-4-2-3-5-11(10)14/h2-5,12H,6-9H2,1H3. The Labute approximate surface area is 105 Å². The van der Waals surface area contributed by atoms with Crippen LogP contribution in [-0.4, -0.2) is 43.8 Å². The van der Waals surface area contributed by atoms with E-state index in [2.05, 4.69) is 4.74 Å². The highest BCUT2D eigenvalue weighted by atomic mass is 19.1. The second kappa shape index (κ2) is 5.93. The van der Waals surface area contributed by atoms with Gasteiger partial charge in [0, 0.05) is 25.2 Å². The van der Waals surface area contributed by atoms with Crippen LogP contribution in [0.2, 0.25) is 0 Å². The SMILES string of the molecule is COC(=O)C1CN(Cc2ccccc2F)CCO1. The molecule has 1 saturated heterocycles. The quantitative estimate of drug-likeness (QED) is 0.759. The molecule has 0 bridgehead atoms. The first kappa shape index (κ1) is 13.0. The molecule has 5 heteroatoms. The van der Waals surface area contributed by atoms with Gasteiger partial charge in [-0.25, -0.2) is 9.18 Å². The van der Waals surface area contributed by atoms with Crippen molar-refractivity contribution >= 4 is 5.97 Å². The van der Waals surface area contributed by atoms with Gasteiger partial charge in [0.25, 0.3) is 0 Å². The Morgan fingerprint density at radius 1 is 1.56 bits per heavy atom. The molecule has 0 saturated carbocycles. The Kier molecular flexibility index (Phi) is 4.28.